The van der Waals surface area contributed by atoms with Crippen molar-refractivity contribution < 1.29 is 64.4 Å². The van der Waals surface area contributed by atoms with Crippen molar-refractivity contribution in [1.29, 1.82) is 0 Å². The molecule has 0 aliphatic heterocycles. The van der Waals surface area contributed by atoms with E-state index in [1.54, 1.807) is 18.2 Å². The van der Waals surface area contributed by atoms with Gasteiger partial charge in [0.2, 0.25) is 0 Å². The van der Waals surface area contributed by atoms with Crippen molar-refractivity contribution in [1.82, 2.24) is 0 Å². The Hall–Kier alpha value is 0.766. The predicted octanol–water partition coefficient (Wildman–Crippen LogP) is 0.354. The van der Waals surface area contributed by atoms with Crippen molar-refractivity contribution in [3.63, 3.8) is 0 Å². The normalized spacial score (nSPS) is 11.4. The standard InChI is InChI=1S/C14H22O3S.K/c1-12(2)8-4-3-5-9-13-10-6-7-11-14(13)18(15,16)17;/h6-7,10-12H,3-5,8-9H2,1-2H3,(H,15,16,17);/q;+1/p-1. The summed E-state index contributed by atoms with van der Waals surface area (Å²) in [6.45, 7) is 4.39. The van der Waals surface area contributed by atoms with Gasteiger partial charge in [-0.05, 0) is 30.4 Å². The first-order valence-electron chi connectivity index (χ1n) is 6.45. The number of hydrogen-bond acceptors (Lipinski definition) is 3. The Morgan fingerprint density at radius 3 is 2.32 bits per heavy atom. The van der Waals surface area contributed by atoms with Crippen LogP contribution in [0.2, 0.25) is 0 Å². The summed E-state index contributed by atoms with van der Waals surface area (Å²) in [6.07, 6.45) is 5.02. The van der Waals surface area contributed by atoms with Crippen LogP contribution in [0.15, 0.2) is 29.2 Å². The van der Waals surface area contributed by atoms with E-state index in [-0.39, 0.29) is 56.3 Å². The molecule has 1 aromatic carbocycles. The van der Waals surface area contributed by atoms with Crippen LogP contribution in [0.1, 0.15) is 45.1 Å². The van der Waals surface area contributed by atoms with Crippen LogP contribution < -0.4 is 51.4 Å². The molecule has 0 saturated heterocycles. The van der Waals surface area contributed by atoms with Gasteiger partial charge in [0.05, 0.1) is 4.90 Å². The minimum Gasteiger partial charge on any atom is -0.744 e. The van der Waals surface area contributed by atoms with Gasteiger partial charge < -0.3 is 4.55 Å². The molecule has 0 spiro atoms. The maximum Gasteiger partial charge on any atom is 1.00 e. The molecule has 0 aliphatic rings. The minimum absolute atomic E-state index is 0. The Balaban J connectivity index is 0.00000324. The second-order valence-electron chi connectivity index (χ2n) is 5.06. The molecule has 1 aromatic rings. The zero-order valence-electron chi connectivity index (χ0n) is 12.1. The third-order valence-electron chi connectivity index (χ3n) is 2.97. The van der Waals surface area contributed by atoms with E-state index in [4.69, 9.17) is 0 Å². The molecule has 0 atom stereocenters. The molecule has 0 bridgehead atoms. The van der Waals surface area contributed by atoms with Crippen molar-refractivity contribution in [2.24, 2.45) is 5.92 Å². The fourth-order valence-electron chi connectivity index (χ4n) is 2.00. The van der Waals surface area contributed by atoms with E-state index >= 15 is 0 Å². The van der Waals surface area contributed by atoms with Gasteiger partial charge in [0, 0.05) is 0 Å². The third kappa shape index (κ3) is 7.95. The second-order valence-corrected chi connectivity index (χ2v) is 6.40. The molecular formula is C14H21KO3S. The van der Waals surface area contributed by atoms with E-state index in [0.29, 0.717) is 17.9 Å². The number of hydrogen-bond donors (Lipinski definition) is 0. The first-order chi connectivity index (χ1) is 8.41. The molecule has 19 heavy (non-hydrogen) atoms. The van der Waals surface area contributed by atoms with E-state index in [2.05, 4.69) is 13.8 Å². The maximum absolute atomic E-state index is 11.1. The summed E-state index contributed by atoms with van der Waals surface area (Å²) in [5.41, 5.74) is 0.650. The number of unbranched alkanes of at least 4 members (excludes halogenated alkanes) is 2. The molecule has 0 heterocycles. The van der Waals surface area contributed by atoms with Crippen molar-refractivity contribution >= 4 is 10.1 Å². The zero-order valence-corrected chi connectivity index (χ0v) is 16.0. The first-order valence-corrected chi connectivity index (χ1v) is 7.86. The van der Waals surface area contributed by atoms with Gasteiger partial charge in [-0.2, -0.15) is 0 Å². The Bertz CT molecular complexity index is 469. The Morgan fingerprint density at radius 1 is 1.11 bits per heavy atom. The Morgan fingerprint density at radius 2 is 1.74 bits per heavy atom. The minimum atomic E-state index is -4.34. The Labute approximate surface area is 159 Å². The fourth-order valence-corrected chi connectivity index (χ4v) is 2.74. The van der Waals surface area contributed by atoms with Gasteiger partial charge in [0.25, 0.3) is 0 Å². The number of benzene rings is 1. The van der Waals surface area contributed by atoms with Crippen LogP contribution in [-0.4, -0.2) is 13.0 Å². The quantitative estimate of drug-likeness (QED) is 0.415. The van der Waals surface area contributed by atoms with Gasteiger partial charge in [-0.15, -0.1) is 0 Å². The molecule has 0 saturated carbocycles. The van der Waals surface area contributed by atoms with Crippen LogP contribution in [0, 0.1) is 5.92 Å². The van der Waals surface area contributed by atoms with Gasteiger partial charge in [0.15, 0.2) is 0 Å². The van der Waals surface area contributed by atoms with Crippen molar-refractivity contribution in [3.8, 4) is 0 Å². The topological polar surface area (TPSA) is 57.2 Å². The maximum atomic E-state index is 11.1. The summed E-state index contributed by atoms with van der Waals surface area (Å²) < 4.78 is 33.2. The smallest absolute Gasteiger partial charge is 0.744 e. The first kappa shape index (κ1) is 19.8. The average molecular weight is 308 g/mol. The third-order valence-corrected chi connectivity index (χ3v) is 3.91. The van der Waals surface area contributed by atoms with E-state index < -0.39 is 10.1 Å². The van der Waals surface area contributed by atoms with Crippen LogP contribution in [0.4, 0.5) is 0 Å². The summed E-state index contributed by atoms with van der Waals surface area (Å²) in [6, 6.07) is 6.49. The van der Waals surface area contributed by atoms with E-state index in [1.165, 1.54) is 12.5 Å². The molecule has 3 nitrogen and oxygen atoms in total. The van der Waals surface area contributed by atoms with Crippen molar-refractivity contribution in [2.45, 2.75) is 50.8 Å². The van der Waals surface area contributed by atoms with Gasteiger partial charge in [-0.1, -0.05) is 51.3 Å². The number of aryl methyl sites for hydroxylation is 1. The van der Waals surface area contributed by atoms with Gasteiger partial charge in [0.1, 0.15) is 10.1 Å². The largest absolute Gasteiger partial charge is 1.00 e. The monoisotopic (exact) mass is 308 g/mol. The van der Waals surface area contributed by atoms with E-state index in [9.17, 15) is 13.0 Å². The second kappa shape index (κ2) is 9.66. The fraction of sp³-hybridized carbons (Fsp3) is 0.571. The molecule has 5 heteroatoms. The van der Waals surface area contributed by atoms with Crippen LogP contribution in [0.5, 0.6) is 0 Å². The molecule has 0 aromatic heterocycles. The van der Waals surface area contributed by atoms with Crippen LogP contribution >= 0.6 is 0 Å². The number of rotatable bonds is 7. The summed E-state index contributed by atoms with van der Waals surface area (Å²) in [5, 5.41) is 0. The molecule has 0 radical (unpaired) electrons. The molecule has 0 fully saturated rings. The summed E-state index contributed by atoms with van der Waals surface area (Å²) >= 11 is 0. The van der Waals surface area contributed by atoms with Crippen LogP contribution in [0.3, 0.4) is 0 Å². The molecule has 1 rings (SSSR count). The van der Waals surface area contributed by atoms with Gasteiger partial charge in [-0.25, -0.2) is 8.42 Å². The predicted molar refractivity (Wildman–Crippen MR) is 71.4 cm³/mol. The van der Waals surface area contributed by atoms with Crippen LogP contribution in [-0.2, 0) is 16.5 Å². The molecule has 0 aliphatic carbocycles. The summed E-state index contributed by atoms with van der Waals surface area (Å²) in [7, 11) is -4.34. The molecule has 0 unspecified atom stereocenters. The molecular weight excluding hydrogens is 287 g/mol. The summed E-state index contributed by atoms with van der Waals surface area (Å²) in [4.78, 5) is -0.0612. The average Bonchev–Trinajstić information content (AvgIpc) is 2.27. The molecule has 0 N–H and O–H groups in total. The summed E-state index contributed by atoms with van der Waals surface area (Å²) in [5.74, 6) is 0.708. The van der Waals surface area contributed by atoms with Crippen LogP contribution in [0.25, 0.3) is 0 Å². The molecule has 102 valence electrons. The van der Waals surface area contributed by atoms with E-state index in [1.807, 2.05) is 0 Å². The zero-order chi connectivity index (χ0) is 13.6. The SMILES string of the molecule is CC(C)CCCCCc1ccccc1S(=O)(=O)[O-].[K+]. The van der Waals surface area contributed by atoms with Crippen molar-refractivity contribution in [2.75, 3.05) is 0 Å². The Kier molecular flexibility index (Phi) is 10.0. The van der Waals surface area contributed by atoms with Crippen molar-refractivity contribution in [3.05, 3.63) is 29.8 Å². The molecule has 0 amide bonds. The van der Waals surface area contributed by atoms with Gasteiger partial charge >= 0.3 is 51.4 Å². The van der Waals surface area contributed by atoms with E-state index in [0.717, 1.165) is 19.3 Å². The van der Waals surface area contributed by atoms with Gasteiger partial charge in [-0.3, -0.25) is 0 Å².